The largest absolute Gasteiger partial charge is 0.481 e. The van der Waals surface area contributed by atoms with Gasteiger partial charge in [-0.15, -0.1) is 0 Å². The Labute approximate surface area is 79.3 Å². The summed E-state index contributed by atoms with van der Waals surface area (Å²) in [7, 11) is 0. The zero-order valence-electron chi connectivity index (χ0n) is 8.25. The summed E-state index contributed by atoms with van der Waals surface area (Å²) in [4.78, 5) is 10.8. The number of carboxylic acids is 1. The Bertz CT molecular complexity index is 214. The maximum Gasteiger partial charge on any atom is 0.307 e. The van der Waals surface area contributed by atoms with Crippen molar-refractivity contribution in [1.82, 2.24) is 0 Å². The van der Waals surface area contributed by atoms with Gasteiger partial charge in [-0.1, -0.05) is 13.3 Å². The fourth-order valence-electron chi connectivity index (χ4n) is 2.91. The minimum Gasteiger partial charge on any atom is -0.481 e. The Hall–Kier alpha value is -0.530. The quantitative estimate of drug-likeness (QED) is 0.713. The van der Waals surface area contributed by atoms with E-state index in [1.807, 2.05) is 0 Å². The molecule has 0 radical (unpaired) electrons. The van der Waals surface area contributed by atoms with Crippen LogP contribution in [0.1, 0.15) is 45.4 Å². The molecule has 74 valence electrons. The summed E-state index contributed by atoms with van der Waals surface area (Å²) in [5.41, 5.74) is 0.248. The highest BCUT2D eigenvalue weighted by Crippen LogP contribution is 2.62. The number of rotatable bonds is 2. The molecule has 2 aliphatic rings. The van der Waals surface area contributed by atoms with Gasteiger partial charge in [-0.3, -0.25) is 4.79 Å². The highest BCUT2D eigenvalue weighted by molar-refractivity contribution is 5.74. The Balaban J connectivity index is 1.89. The first-order valence-electron chi connectivity index (χ1n) is 5.41. The molecule has 0 heterocycles. The first-order valence-corrected chi connectivity index (χ1v) is 5.41. The predicted octanol–water partition coefficient (Wildman–Crippen LogP) is 2.68. The fourth-order valence-corrected chi connectivity index (χ4v) is 2.91. The lowest BCUT2D eigenvalue weighted by atomic mass is 9.77. The van der Waals surface area contributed by atoms with Gasteiger partial charge in [0.25, 0.3) is 0 Å². The summed E-state index contributed by atoms with van der Waals surface area (Å²) in [5, 5.41) is 8.89. The van der Waals surface area contributed by atoms with Crippen molar-refractivity contribution in [2.75, 3.05) is 0 Å². The van der Waals surface area contributed by atoms with Crippen molar-refractivity contribution >= 4 is 5.97 Å². The average molecular weight is 182 g/mol. The highest BCUT2D eigenvalue weighted by atomic mass is 16.4. The molecule has 2 nitrogen and oxygen atoms in total. The third kappa shape index (κ3) is 1.47. The summed E-state index contributed by atoms with van der Waals surface area (Å²) in [6.45, 7) is 2.24. The van der Waals surface area contributed by atoms with Crippen molar-refractivity contribution in [1.29, 1.82) is 0 Å². The minimum atomic E-state index is -0.560. The molecule has 1 spiro atoms. The zero-order valence-corrected chi connectivity index (χ0v) is 8.25. The van der Waals surface area contributed by atoms with Crippen LogP contribution >= 0.6 is 0 Å². The van der Waals surface area contributed by atoms with Crippen molar-refractivity contribution in [3.63, 3.8) is 0 Å². The molecule has 0 aromatic carbocycles. The third-order valence-electron chi connectivity index (χ3n) is 4.17. The molecule has 2 aliphatic carbocycles. The van der Waals surface area contributed by atoms with E-state index in [0.29, 0.717) is 0 Å². The van der Waals surface area contributed by atoms with E-state index in [1.165, 1.54) is 32.1 Å². The third-order valence-corrected chi connectivity index (χ3v) is 4.17. The average Bonchev–Trinajstić information content (AvgIpc) is 2.82. The molecule has 0 aliphatic heterocycles. The second-order valence-corrected chi connectivity index (χ2v) is 4.81. The van der Waals surface area contributed by atoms with Crippen LogP contribution in [0.3, 0.4) is 0 Å². The maximum absolute atomic E-state index is 10.8. The van der Waals surface area contributed by atoms with Crippen LogP contribution in [-0.2, 0) is 4.79 Å². The molecule has 2 saturated carbocycles. The van der Waals surface area contributed by atoms with Gasteiger partial charge >= 0.3 is 5.97 Å². The molecular formula is C11H18O2. The van der Waals surface area contributed by atoms with Gasteiger partial charge in [0.15, 0.2) is 0 Å². The van der Waals surface area contributed by atoms with Crippen molar-refractivity contribution in [2.24, 2.45) is 17.3 Å². The van der Waals surface area contributed by atoms with Crippen LogP contribution in [0.15, 0.2) is 0 Å². The van der Waals surface area contributed by atoms with Crippen LogP contribution in [0.2, 0.25) is 0 Å². The first kappa shape index (κ1) is 9.04. The zero-order chi connectivity index (χ0) is 9.47. The normalized spacial score (nSPS) is 43.5. The van der Waals surface area contributed by atoms with E-state index < -0.39 is 5.97 Å². The Morgan fingerprint density at radius 1 is 1.46 bits per heavy atom. The number of carbonyl (C=O) groups is 1. The Kier molecular flexibility index (Phi) is 2.09. The van der Waals surface area contributed by atoms with Crippen molar-refractivity contribution in [2.45, 2.75) is 45.4 Å². The second-order valence-electron chi connectivity index (χ2n) is 4.81. The molecular weight excluding hydrogens is 164 g/mol. The number of carboxylic acid groups (broad SMARTS) is 1. The van der Waals surface area contributed by atoms with E-state index in [9.17, 15) is 4.79 Å². The van der Waals surface area contributed by atoms with Crippen LogP contribution in [0.5, 0.6) is 0 Å². The molecule has 0 aromatic heterocycles. The summed E-state index contributed by atoms with van der Waals surface area (Å²) < 4.78 is 0. The molecule has 0 aromatic rings. The lowest BCUT2D eigenvalue weighted by Gasteiger charge is -2.28. The number of hydrogen-bond acceptors (Lipinski definition) is 1. The van der Waals surface area contributed by atoms with Gasteiger partial charge in [0, 0.05) is 0 Å². The number of hydrogen-bond donors (Lipinski definition) is 1. The minimum absolute atomic E-state index is 0.00491. The topological polar surface area (TPSA) is 37.3 Å². The lowest BCUT2D eigenvalue weighted by molar-refractivity contribution is -0.139. The van der Waals surface area contributed by atoms with Gasteiger partial charge in [-0.05, 0) is 43.4 Å². The van der Waals surface area contributed by atoms with Crippen molar-refractivity contribution in [3.05, 3.63) is 0 Å². The smallest absolute Gasteiger partial charge is 0.307 e. The maximum atomic E-state index is 10.8. The molecule has 2 rings (SSSR count). The summed E-state index contributed by atoms with van der Waals surface area (Å²) in [5.74, 6) is 0.320. The van der Waals surface area contributed by atoms with E-state index >= 15 is 0 Å². The molecule has 0 bridgehead atoms. The van der Waals surface area contributed by atoms with Gasteiger partial charge in [-0.2, -0.15) is 0 Å². The summed E-state index contributed by atoms with van der Waals surface area (Å²) in [6.07, 6.45) is 7.10. The molecule has 0 unspecified atom stereocenters. The fraction of sp³-hybridized carbons (Fsp3) is 0.909. The van der Waals surface area contributed by atoms with Crippen LogP contribution in [0.25, 0.3) is 0 Å². The molecule has 2 fully saturated rings. The van der Waals surface area contributed by atoms with Gasteiger partial charge in [0.2, 0.25) is 0 Å². The van der Waals surface area contributed by atoms with Crippen molar-refractivity contribution in [3.8, 4) is 0 Å². The van der Waals surface area contributed by atoms with Gasteiger partial charge in [-0.25, -0.2) is 0 Å². The first-order chi connectivity index (χ1) is 6.18. The summed E-state index contributed by atoms with van der Waals surface area (Å²) >= 11 is 0. The van der Waals surface area contributed by atoms with Crippen LogP contribution in [0, 0.1) is 17.3 Å². The molecule has 1 N–H and O–H groups in total. The van der Waals surface area contributed by atoms with E-state index in [1.54, 1.807) is 0 Å². The standard InChI is InChI=1S/C11H18O2/c1-2-8-3-5-11(6-4-8)7-9(11)10(12)13/h8-9H,2-7H2,1H3,(H,12,13)/t8?,9-,11?/m1/s1. The summed E-state index contributed by atoms with van der Waals surface area (Å²) in [6, 6.07) is 0. The highest BCUT2D eigenvalue weighted by Gasteiger charge is 2.58. The molecule has 1 atom stereocenters. The van der Waals surface area contributed by atoms with E-state index in [2.05, 4.69) is 6.92 Å². The van der Waals surface area contributed by atoms with Gasteiger partial charge in [0.05, 0.1) is 5.92 Å². The van der Waals surface area contributed by atoms with Crippen molar-refractivity contribution < 1.29 is 9.90 Å². The van der Waals surface area contributed by atoms with E-state index in [-0.39, 0.29) is 11.3 Å². The predicted molar refractivity (Wildman–Crippen MR) is 50.4 cm³/mol. The Morgan fingerprint density at radius 2 is 2.08 bits per heavy atom. The second kappa shape index (κ2) is 3.00. The van der Waals surface area contributed by atoms with Crippen LogP contribution in [0.4, 0.5) is 0 Å². The lowest BCUT2D eigenvalue weighted by Crippen LogP contribution is -2.19. The SMILES string of the molecule is CCC1CCC2(CC1)C[C@@H]2C(=O)O. The van der Waals surface area contributed by atoms with E-state index in [4.69, 9.17) is 5.11 Å². The van der Waals surface area contributed by atoms with Crippen LogP contribution in [-0.4, -0.2) is 11.1 Å². The van der Waals surface area contributed by atoms with Gasteiger partial charge < -0.3 is 5.11 Å². The van der Waals surface area contributed by atoms with E-state index in [0.717, 1.165) is 12.3 Å². The van der Waals surface area contributed by atoms with Crippen LogP contribution < -0.4 is 0 Å². The molecule has 13 heavy (non-hydrogen) atoms. The Morgan fingerprint density at radius 3 is 2.46 bits per heavy atom. The monoisotopic (exact) mass is 182 g/mol. The molecule has 0 amide bonds. The van der Waals surface area contributed by atoms with Gasteiger partial charge in [0.1, 0.15) is 0 Å². The number of aliphatic carboxylic acids is 1. The molecule has 2 heteroatoms. The molecule has 0 saturated heterocycles.